The number of fused-ring (bicyclic) bond motifs is 12. The third-order valence-electron chi connectivity index (χ3n) is 11.0. The number of nitrogens with zero attached hydrogens (tertiary/aromatic N) is 3. The fourth-order valence-electron chi connectivity index (χ4n) is 8.81. The fraction of sp³-hybridized carbons (Fsp3) is 0. The number of benzene rings is 8. The minimum Gasteiger partial charge on any atom is -0.454 e. The molecular weight excluding hydrogens is 635 g/mol. The van der Waals surface area contributed by atoms with Crippen molar-refractivity contribution in [3.63, 3.8) is 0 Å². The molecule has 0 saturated heterocycles. The Balaban J connectivity index is 1.22. The van der Waals surface area contributed by atoms with Crippen molar-refractivity contribution in [3.8, 4) is 11.1 Å². The number of para-hydroxylation sites is 4. The fourth-order valence-corrected chi connectivity index (χ4v) is 8.81. The Morgan fingerprint density at radius 1 is 0.365 bits per heavy atom. The van der Waals surface area contributed by atoms with Crippen LogP contribution in [0, 0.1) is 0 Å². The van der Waals surface area contributed by atoms with Gasteiger partial charge in [0.2, 0.25) is 0 Å². The molecule has 4 heterocycles. The summed E-state index contributed by atoms with van der Waals surface area (Å²) in [4.78, 5) is 2.37. The maximum atomic E-state index is 6.70. The quantitative estimate of drug-likeness (QED) is 0.175. The Bertz CT molecular complexity index is 3360. The number of hydrogen-bond acceptors (Lipinski definition) is 2. The van der Waals surface area contributed by atoms with Gasteiger partial charge in [0.1, 0.15) is 5.58 Å². The van der Waals surface area contributed by atoms with Crippen molar-refractivity contribution in [1.82, 2.24) is 8.80 Å². The summed E-state index contributed by atoms with van der Waals surface area (Å²) in [6.07, 6.45) is 0. The predicted octanol–water partition coefficient (Wildman–Crippen LogP) is 13.3. The minimum absolute atomic E-state index is 0.865. The van der Waals surface area contributed by atoms with E-state index in [1.165, 1.54) is 49.2 Å². The van der Waals surface area contributed by atoms with E-state index in [-0.39, 0.29) is 0 Å². The van der Waals surface area contributed by atoms with Gasteiger partial charge in [-0.1, -0.05) is 121 Å². The molecule has 4 nitrogen and oxygen atoms in total. The normalized spacial score (nSPS) is 12.2. The van der Waals surface area contributed by atoms with Gasteiger partial charge in [0, 0.05) is 43.7 Å². The summed E-state index contributed by atoms with van der Waals surface area (Å²) in [5.74, 6) is 0. The molecule has 8 aromatic carbocycles. The molecule has 0 N–H and O–H groups in total. The van der Waals surface area contributed by atoms with E-state index >= 15 is 0 Å². The van der Waals surface area contributed by atoms with Gasteiger partial charge in [-0.3, -0.25) is 0 Å². The van der Waals surface area contributed by atoms with Crippen molar-refractivity contribution in [2.75, 3.05) is 4.90 Å². The van der Waals surface area contributed by atoms with Crippen molar-refractivity contribution in [2.45, 2.75) is 0 Å². The van der Waals surface area contributed by atoms with E-state index in [0.29, 0.717) is 0 Å². The maximum absolute atomic E-state index is 6.70. The van der Waals surface area contributed by atoms with Crippen LogP contribution in [-0.4, -0.2) is 8.80 Å². The highest BCUT2D eigenvalue weighted by Gasteiger charge is 2.24. The summed E-state index contributed by atoms with van der Waals surface area (Å²) < 4.78 is 11.7. The van der Waals surface area contributed by atoms with E-state index in [1.807, 2.05) is 6.07 Å². The van der Waals surface area contributed by atoms with Crippen LogP contribution in [0.25, 0.3) is 87.7 Å². The Hall–Kier alpha value is -7.04. The summed E-state index contributed by atoms with van der Waals surface area (Å²) in [7, 11) is 0. The van der Waals surface area contributed by atoms with Gasteiger partial charge in [0.05, 0.1) is 38.8 Å². The van der Waals surface area contributed by atoms with E-state index in [0.717, 1.165) is 55.6 Å². The zero-order valence-corrected chi connectivity index (χ0v) is 28.0. The van der Waals surface area contributed by atoms with Crippen molar-refractivity contribution in [1.29, 1.82) is 0 Å². The van der Waals surface area contributed by atoms with E-state index in [2.05, 4.69) is 184 Å². The van der Waals surface area contributed by atoms with Gasteiger partial charge in [0.15, 0.2) is 5.58 Å². The highest BCUT2D eigenvalue weighted by molar-refractivity contribution is 6.25. The third-order valence-corrected chi connectivity index (χ3v) is 11.0. The molecule has 0 aliphatic carbocycles. The first-order valence-corrected chi connectivity index (χ1v) is 17.8. The molecule has 242 valence electrons. The van der Waals surface area contributed by atoms with Crippen molar-refractivity contribution in [2.24, 2.45) is 0 Å². The Kier molecular flexibility index (Phi) is 5.47. The molecule has 4 aromatic heterocycles. The second kappa shape index (κ2) is 10.3. The SMILES string of the molecule is c1ccc(-c2cccc(N(c3ccc4c(c3)n3c5ccccc5c5ccc6c7ccccc7n4c6c53)c3cccc4c3oc3ccccc34)c2)cc1. The van der Waals surface area contributed by atoms with Crippen LogP contribution in [0.15, 0.2) is 180 Å². The molecule has 0 amide bonds. The minimum atomic E-state index is 0.865. The molecule has 0 unspecified atom stereocenters. The van der Waals surface area contributed by atoms with Gasteiger partial charge in [-0.25, -0.2) is 0 Å². The molecule has 12 rings (SSSR count). The van der Waals surface area contributed by atoms with Gasteiger partial charge in [-0.15, -0.1) is 0 Å². The molecule has 52 heavy (non-hydrogen) atoms. The number of rotatable bonds is 4. The lowest BCUT2D eigenvalue weighted by atomic mass is 10.0. The van der Waals surface area contributed by atoms with Crippen LogP contribution in [0.3, 0.4) is 0 Å². The largest absolute Gasteiger partial charge is 0.454 e. The molecule has 4 heteroatoms. The number of hydrogen-bond donors (Lipinski definition) is 0. The van der Waals surface area contributed by atoms with Crippen molar-refractivity contribution < 1.29 is 4.42 Å². The van der Waals surface area contributed by atoms with Crippen molar-refractivity contribution >= 4 is 93.6 Å². The van der Waals surface area contributed by atoms with E-state index < -0.39 is 0 Å². The van der Waals surface area contributed by atoms with E-state index in [9.17, 15) is 0 Å². The molecule has 0 radical (unpaired) electrons. The van der Waals surface area contributed by atoms with Gasteiger partial charge in [0.25, 0.3) is 0 Å². The molecule has 0 aliphatic heterocycles. The van der Waals surface area contributed by atoms with Gasteiger partial charge < -0.3 is 18.1 Å². The van der Waals surface area contributed by atoms with E-state index in [1.54, 1.807) is 0 Å². The molecule has 0 fully saturated rings. The molecule has 12 aromatic rings. The smallest absolute Gasteiger partial charge is 0.159 e. The average Bonchev–Trinajstić information content (AvgIpc) is 3.87. The first kappa shape index (κ1) is 27.7. The first-order valence-electron chi connectivity index (χ1n) is 17.8. The lowest BCUT2D eigenvalue weighted by molar-refractivity contribution is 0.669. The van der Waals surface area contributed by atoms with Crippen LogP contribution in [0.2, 0.25) is 0 Å². The molecule has 0 saturated carbocycles. The summed E-state index contributed by atoms with van der Waals surface area (Å²) in [6.45, 7) is 0. The molecular formula is C48H29N3O. The Morgan fingerprint density at radius 3 is 1.73 bits per heavy atom. The zero-order valence-electron chi connectivity index (χ0n) is 28.0. The predicted molar refractivity (Wildman–Crippen MR) is 217 cm³/mol. The maximum Gasteiger partial charge on any atom is 0.159 e. The second-order valence-electron chi connectivity index (χ2n) is 13.7. The monoisotopic (exact) mass is 663 g/mol. The standard InChI is InChI=1S/C48H29N3O/c1-2-12-30(13-3-1)31-14-10-15-32(28-31)49(43-22-11-19-39-36-18-6-9-23-45(36)52-48(39)43)33-24-27-42-44(29-33)51-41-21-8-5-17-35(41)38-26-25-37-34-16-4-7-20-40(34)50(42)46(37)47(38)51/h1-29H. The molecule has 0 spiro atoms. The van der Waals surface area contributed by atoms with E-state index in [4.69, 9.17) is 4.42 Å². The van der Waals surface area contributed by atoms with Gasteiger partial charge in [-0.2, -0.15) is 0 Å². The topological polar surface area (TPSA) is 25.2 Å². The Morgan fingerprint density at radius 2 is 0.962 bits per heavy atom. The lowest BCUT2D eigenvalue weighted by Crippen LogP contribution is -2.11. The second-order valence-corrected chi connectivity index (χ2v) is 13.7. The first-order chi connectivity index (χ1) is 25.8. The van der Waals surface area contributed by atoms with Crippen LogP contribution < -0.4 is 4.90 Å². The summed E-state index contributed by atoms with van der Waals surface area (Å²) in [5, 5.41) is 7.28. The average molecular weight is 664 g/mol. The highest BCUT2D eigenvalue weighted by atomic mass is 16.3. The van der Waals surface area contributed by atoms with Gasteiger partial charge >= 0.3 is 0 Å². The number of aromatic nitrogens is 2. The van der Waals surface area contributed by atoms with Crippen LogP contribution in [0.4, 0.5) is 17.1 Å². The summed E-state index contributed by atoms with van der Waals surface area (Å²) >= 11 is 0. The Labute approximate surface area is 297 Å². The molecule has 0 aliphatic rings. The van der Waals surface area contributed by atoms with Crippen LogP contribution >= 0.6 is 0 Å². The number of anilines is 3. The number of furan rings is 1. The van der Waals surface area contributed by atoms with Crippen LogP contribution in [0.1, 0.15) is 0 Å². The van der Waals surface area contributed by atoms with Crippen molar-refractivity contribution in [3.05, 3.63) is 176 Å². The zero-order chi connectivity index (χ0) is 33.9. The molecule has 0 bridgehead atoms. The highest BCUT2D eigenvalue weighted by Crippen LogP contribution is 2.46. The lowest BCUT2D eigenvalue weighted by Gasteiger charge is -2.26. The van der Waals surface area contributed by atoms with Crippen LogP contribution in [-0.2, 0) is 0 Å². The van der Waals surface area contributed by atoms with Crippen LogP contribution in [0.5, 0.6) is 0 Å². The summed E-state index contributed by atoms with van der Waals surface area (Å²) in [6, 6.07) is 63.4. The van der Waals surface area contributed by atoms with Gasteiger partial charge in [-0.05, 0) is 65.7 Å². The third kappa shape index (κ3) is 3.65. The molecule has 0 atom stereocenters. The summed E-state index contributed by atoms with van der Waals surface area (Å²) in [5.41, 5.74) is 14.4.